The molecule has 2 aliphatic rings. The van der Waals surface area contributed by atoms with Crippen LogP contribution in [0.3, 0.4) is 0 Å². The molecule has 270 valence electrons. The first-order valence-electron chi connectivity index (χ1n) is 17.6. The van der Waals surface area contributed by atoms with Crippen LogP contribution in [0.15, 0.2) is 66.7 Å². The zero-order chi connectivity index (χ0) is 35.5. The number of piperidine rings is 1. The van der Waals surface area contributed by atoms with Crippen LogP contribution in [-0.4, -0.2) is 81.3 Å². The predicted octanol–water partition coefficient (Wildman–Crippen LogP) is 6.47. The number of benzene rings is 3. The van der Waals surface area contributed by atoms with Crippen molar-refractivity contribution in [1.82, 2.24) is 10.2 Å². The normalized spacial score (nSPS) is 18.6. The molecule has 50 heavy (non-hydrogen) atoms. The number of ether oxygens (including phenoxy) is 6. The third kappa shape index (κ3) is 10.6. The molecule has 2 aliphatic heterocycles. The lowest BCUT2D eigenvalue weighted by atomic mass is 9.87. The van der Waals surface area contributed by atoms with E-state index in [1.54, 1.807) is 12.0 Å². The fraction of sp³-hybridized carbons (Fsp3) is 0.500. The van der Waals surface area contributed by atoms with Gasteiger partial charge in [-0.1, -0.05) is 48.5 Å². The van der Waals surface area contributed by atoms with E-state index in [0.29, 0.717) is 52.5 Å². The summed E-state index contributed by atoms with van der Waals surface area (Å²) < 4.78 is 36.0. The summed E-state index contributed by atoms with van der Waals surface area (Å²) >= 11 is 0. The number of amides is 2. The second-order valence-electron chi connectivity index (χ2n) is 13.9. The number of carbonyl (C=O) groups excluding carboxylic acids is 2. The van der Waals surface area contributed by atoms with Crippen LogP contribution in [0, 0.1) is 0 Å². The van der Waals surface area contributed by atoms with Gasteiger partial charge in [0, 0.05) is 44.3 Å². The van der Waals surface area contributed by atoms with Crippen molar-refractivity contribution in [1.29, 1.82) is 0 Å². The van der Waals surface area contributed by atoms with Crippen molar-refractivity contribution in [3.63, 3.8) is 0 Å². The molecule has 3 atom stereocenters. The van der Waals surface area contributed by atoms with Crippen molar-refractivity contribution in [3.05, 3.63) is 89.0 Å². The first-order chi connectivity index (χ1) is 24.1. The van der Waals surface area contributed by atoms with Gasteiger partial charge in [0.1, 0.15) is 29.0 Å². The Bertz CT molecular complexity index is 1550. The topological polar surface area (TPSA) is 105 Å². The van der Waals surface area contributed by atoms with E-state index >= 15 is 0 Å². The smallest absolute Gasteiger partial charge is 0.410 e. The minimum absolute atomic E-state index is 0.0448. The summed E-state index contributed by atoms with van der Waals surface area (Å²) in [5, 5.41) is 2.86. The molecule has 2 heterocycles. The van der Waals surface area contributed by atoms with Crippen LogP contribution in [-0.2, 0) is 38.5 Å². The van der Waals surface area contributed by atoms with Crippen molar-refractivity contribution in [2.45, 2.75) is 83.7 Å². The third-order valence-corrected chi connectivity index (χ3v) is 8.85. The summed E-state index contributed by atoms with van der Waals surface area (Å²) in [6.07, 6.45) is 2.24. The van der Waals surface area contributed by atoms with Gasteiger partial charge >= 0.3 is 6.09 Å². The Kier molecular flexibility index (Phi) is 13.0. The summed E-state index contributed by atoms with van der Waals surface area (Å²) in [5.41, 5.74) is 3.81. The SMILES string of the molecule is COc1ccccc1COCCCOc1ccc(C2CCN(C(=O)OC(C)(C)C)C[C@H]2OC[C@H]2Cc3cccc(CCNC(C)=O)c3O2)cc1. The summed E-state index contributed by atoms with van der Waals surface area (Å²) in [6.45, 7) is 10.7. The number of likely N-dealkylation sites (tertiary alicyclic amines) is 1. The third-order valence-electron chi connectivity index (χ3n) is 8.85. The highest BCUT2D eigenvalue weighted by Crippen LogP contribution is 2.35. The molecular formula is C40H52N2O8. The molecule has 0 aromatic heterocycles. The first-order valence-corrected chi connectivity index (χ1v) is 17.6. The zero-order valence-corrected chi connectivity index (χ0v) is 30.1. The van der Waals surface area contributed by atoms with E-state index in [9.17, 15) is 9.59 Å². The molecule has 10 nitrogen and oxygen atoms in total. The molecule has 2 amide bonds. The number of para-hydroxylation sites is 2. The Morgan fingerprint density at radius 3 is 2.52 bits per heavy atom. The zero-order valence-electron chi connectivity index (χ0n) is 30.1. The summed E-state index contributed by atoms with van der Waals surface area (Å²) in [4.78, 5) is 26.2. The van der Waals surface area contributed by atoms with Gasteiger partial charge in [-0.15, -0.1) is 0 Å². The molecule has 0 radical (unpaired) electrons. The number of hydrogen-bond acceptors (Lipinski definition) is 8. The van der Waals surface area contributed by atoms with Gasteiger partial charge in [0.25, 0.3) is 0 Å². The molecule has 0 spiro atoms. The monoisotopic (exact) mass is 688 g/mol. The summed E-state index contributed by atoms with van der Waals surface area (Å²) in [6, 6.07) is 22.2. The van der Waals surface area contributed by atoms with Crippen LogP contribution >= 0.6 is 0 Å². The molecule has 3 aromatic carbocycles. The number of hydrogen-bond donors (Lipinski definition) is 1. The highest BCUT2D eigenvalue weighted by molar-refractivity contribution is 5.72. The van der Waals surface area contributed by atoms with Crippen LogP contribution in [0.2, 0.25) is 0 Å². The van der Waals surface area contributed by atoms with E-state index in [1.807, 2.05) is 69.3 Å². The molecule has 1 fully saturated rings. The average molecular weight is 689 g/mol. The van der Waals surface area contributed by atoms with Crippen LogP contribution < -0.4 is 19.5 Å². The molecule has 1 N–H and O–H groups in total. The maximum atomic E-state index is 13.1. The van der Waals surface area contributed by atoms with Gasteiger partial charge in [0.2, 0.25) is 5.91 Å². The van der Waals surface area contributed by atoms with Gasteiger partial charge in [0.15, 0.2) is 0 Å². The Morgan fingerprint density at radius 1 is 0.980 bits per heavy atom. The molecule has 0 aliphatic carbocycles. The van der Waals surface area contributed by atoms with Crippen molar-refractivity contribution >= 4 is 12.0 Å². The van der Waals surface area contributed by atoms with E-state index in [1.165, 1.54) is 6.92 Å². The van der Waals surface area contributed by atoms with Crippen LogP contribution in [0.25, 0.3) is 0 Å². The quantitative estimate of drug-likeness (QED) is 0.181. The highest BCUT2D eigenvalue weighted by Gasteiger charge is 2.36. The van der Waals surface area contributed by atoms with Gasteiger partial charge in [-0.25, -0.2) is 4.79 Å². The number of nitrogens with zero attached hydrogens (tertiary/aromatic N) is 1. The molecular weight excluding hydrogens is 636 g/mol. The lowest BCUT2D eigenvalue weighted by molar-refractivity contribution is -0.118. The minimum atomic E-state index is -0.581. The molecule has 5 rings (SSSR count). The van der Waals surface area contributed by atoms with E-state index < -0.39 is 5.60 Å². The van der Waals surface area contributed by atoms with Crippen molar-refractivity contribution in [2.75, 3.05) is 46.6 Å². The molecule has 10 heteroatoms. The van der Waals surface area contributed by atoms with Crippen molar-refractivity contribution in [2.24, 2.45) is 0 Å². The molecule has 3 aromatic rings. The van der Waals surface area contributed by atoms with E-state index in [-0.39, 0.29) is 30.1 Å². The van der Waals surface area contributed by atoms with Crippen molar-refractivity contribution in [3.8, 4) is 17.2 Å². The Morgan fingerprint density at radius 2 is 1.76 bits per heavy atom. The highest BCUT2D eigenvalue weighted by atomic mass is 16.6. The van der Waals surface area contributed by atoms with Gasteiger partial charge < -0.3 is 38.6 Å². The first kappa shape index (κ1) is 37.0. The molecule has 1 unspecified atom stereocenters. The van der Waals surface area contributed by atoms with E-state index in [2.05, 4.69) is 23.5 Å². The average Bonchev–Trinajstić information content (AvgIpc) is 3.52. The molecule has 0 bridgehead atoms. The molecule has 0 saturated carbocycles. The lowest BCUT2D eigenvalue weighted by Crippen LogP contribution is -2.49. The van der Waals surface area contributed by atoms with Gasteiger partial charge in [-0.3, -0.25) is 4.79 Å². The van der Waals surface area contributed by atoms with Gasteiger partial charge in [0.05, 0.1) is 46.2 Å². The second-order valence-corrected chi connectivity index (χ2v) is 13.9. The predicted molar refractivity (Wildman–Crippen MR) is 191 cm³/mol. The number of nitrogens with one attached hydrogen (secondary N) is 1. The lowest BCUT2D eigenvalue weighted by Gasteiger charge is -2.39. The number of methoxy groups -OCH3 is 1. The maximum Gasteiger partial charge on any atom is 0.410 e. The minimum Gasteiger partial charge on any atom is -0.496 e. The maximum absolute atomic E-state index is 13.1. The fourth-order valence-electron chi connectivity index (χ4n) is 6.42. The van der Waals surface area contributed by atoms with E-state index in [0.717, 1.165) is 58.8 Å². The van der Waals surface area contributed by atoms with Gasteiger partial charge in [-0.05, 0) is 68.5 Å². The largest absolute Gasteiger partial charge is 0.496 e. The Hall–Kier alpha value is -4.28. The number of carbonyl (C=O) groups is 2. The Balaban J connectivity index is 1.16. The Labute approximate surface area is 296 Å². The van der Waals surface area contributed by atoms with Crippen LogP contribution in [0.4, 0.5) is 4.79 Å². The summed E-state index contributed by atoms with van der Waals surface area (Å²) in [7, 11) is 1.66. The number of rotatable bonds is 15. The second kappa shape index (κ2) is 17.6. The standard InChI is InChI=1S/C40H52N2O8/c1-28(43)41-20-18-30-11-8-12-31-24-34(49-38(30)31)27-48-37-25-42(39(44)50-40(2,3)4)21-19-35(37)29-14-16-33(17-15-29)47-23-9-22-46-26-32-10-6-7-13-36(32)45-5/h6-8,10-17,34-35,37H,9,18-27H2,1-5H3,(H,41,43)/t34-,35?,37-/m1/s1. The van der Waals surface area contributed by atoms with Crippen molar-refractivity contribution < 1.29 is 38.0 Å². The fourth-order valence-corrected chi connectivity index (χ4v) is 6.42. The van der Waals surface area contributed by atoms with Crippen LogP contribution in [0.5, 0.6) is 17.2 Å². The molecule has 1 saturated heterocycles. The van der Waals surface area contributed by atoms with Crippen LogP contribution in [0.1, 0.15) is 68.7 Å². The van der Waals surface area contributed by atoms with Gasteiger partial charge in [-0.2, -0.15) is 0 Å². The summed E-state index contributed by atoms with van der Waals surface area (Å²) in [5.74, 6) is 2.56. The number of fused-ring (bicyclic) bond motifs is 1. The van der Waals surface area contributed by atoms with E-state index in [4.69, 9.17) is 28.4 Å².